The Morgan fingerprint density at radius 2 is 1.97 bits per heavy atom. The first-order valence-corrected chi connectivity index (χ1v) is 10.1. The maximum Gasteiger partial charge on any atom is 0.340 e. The fourth-order valence-electron chi connectivity index (χ4n) is 2.95. The number of esters is 1. The zero-order valence-corrected chi connectivity index (χ0v) is 16.5. The molecule has 1 aromatic carbocycles. The van der Waals surface area contributed by atoms with Crippen molar-refractivity contribution in [1.29, 1.82) is 0 Å². The summed E-state index contributed by atoms with van der Waals surface area (Å²) in [6.45, 7) is 0.325. The van der Waals surface area contributed by atoms with Crippen molar-refractivity contribution in [3.05, 3.63) is 52.2 Å². The summed E-state index contributed by atoms with van der Waals surface area (Å²) >= 11 is 1.59. The van der Waals surface area contributed by atoms with E-state index in [1.807, 2.05) is 17.5 Å². The summed E-state index contributed by atoms with van der Waals surface area (Å²) in [5, 5.41) is 6.64. The van der Waals surface area contributed by atoms with Gasteiger partial charge in [-0.15, -0.1) is 11.3 Å². The molecule has 29 heavy (non-hydrogen) atoms. The monoisotopic (exact) mass is 415 g/mol. The predicted molar refractivity (Wildman–Crippen MR) is 108 cm³/mol. The van der Waals surface area contributed by atoms with E-state index in [-0.39, 0.29) is 11.5 Å². The van der Waals surface area contributed by atoms with Gasteiger partial charge in [-0.25, -0.2) is 9.59 Å². The predicted octanol–water partition coefficient (Wildman–Crippen LogP) is 2.10. The molecule has 1 aromatic heterocycles. The number of anilines is 1. The molecule has 0 atom stereocenters. The number of carbonyl (C=O) groups excluding carboxylic acids is 4. The van der Waals surface area contributed by atoms with E-state index in [4.69, 9.17) is 4.74 Å². The third-order valence-electron chi connectivity index (χ3n) is 4.31. The van der Waals surface area contributed by atoms with Crippen molar-refractivity contribution >= 4 is 40.8 Å². The third-order valence-corrected chi connectivity index (χ3v) is 5.25. The van der Waals surface area contributed by atoms with Gasteiger partial charge in [-0.1, -0.05) is 18.2 Å². The number of benzene rings is 1. The van der Waals surface area contributed by atoms with Crippen LogP contribution >= 0.6 is 11.3 Å². The lowest BCUT2D eigenvalue weighted by molar-refractivity contribution is -0.123. The molecule has 1 fully saturated rings. The van der Waals surface area contributed by atoms with E-state index in [2.05, 4.69) is 10.6 Å². The summed E-state index contributed by atoms with van der Waals surface area (Å²) in [7, 11) is 0. The average molecular weight is 415 g/mol. The SMILES string of the molecule is O=C(COC(=O)c1ccccc1N1CCCC1=O)NC(=O)NCCc1cccs1. The Morgan fingerprint density at radius 3 is 2.69 bits per heavy atom. The largest absolute Gasteiger partial charge is 0.452 e. The number of carbonyl (C=O) groups is 4. The maximum absolute atomic E-state index is 12.4. The number of imide groups is 1. The van der Waals surface area contributed by atoms with Gasteiger partial charge in [0.1, 0.15) is 0 Å². The van der Waals surface area contributed by atoms with Crippen molar-refractivity contribution in [2.45, 2.75) is 19.3 Å². The van der Waals surface area contributed by atoms with Gasteiger partial charge in [0.25, 0.3) is 5.91 Å². The summed E-state index contributed by atoms with van der Waals surface area (Å²) in [4.78, 5) is 50.6. The van der Waals surface area contributed by atoms with Crippen molar-refractivity contribution in [2.75, 3.05) is 24.6 Å². The number of hydrogen-bond donors (Lipinski definition) is 2. The number of rotatable bonds is 7. The number of nitrogens with zero attached hydrogens (tertiary/aromatic N) is 1. The Labute approximate surface area is 171 Å². The van der Waals surface area contributed by atoms with Gasteiger partial charge in [-0.05, 0) is 36.4 Å². The molecule has 2 heterocycles. The number of amides is 4. The Bertz CT molecular complexity index is 897. The molecule has 2 aromatic rings. The standard InChI is InChI=1S/C20H21N3O5S/c24-17(22-20(27)21-10-9-14-5-4-12-29-14)13-28-19(26)15-6-1-2-7-16(15)23-11-3-8-18(23)25/h1-2,4-7,12H,3,8-11,13H2,(H2,21,22,24,27). The summed E-state index contributed by atoms with van der Waals surface area (Å²) in [5.41, 5.74) is 0.669. The molecular weight excluding hydrogens is 394 g/mol. The van der Waals surface area contributed by atoms with Crippen molar-refractivity contribution in [2.24, 2.45) is 0 Å². The van der Waals surface area contributed by atoms with Gasteiger partial charge >= 0.3 is 12.0 Å². The van der Waals surface area contributed by atoms with E-state index < -0.39 is 24.5 Å². The highest BCUT2D eigenvalue weighted by Gasteiger charge is 2.26. The number of ether oxygens (including phenoxy) is 1. The molecule has 1 saturated heterocycles. The minimum Gasteiger partial charge on any atom is -0.452 e. The van der Waals surface area contributed by atoms with Gasteiger partial charge in [0.15, 0.2) is 6.61 Å². The topological polar surface area (TPSA) is 105 Å². The van der Waals surface area contributed by atoms with Crippen LogP contribution in [0.25, 0.3) is 0 Å². The van der Waals surface area contributed by atoms with Crippen LogP contribution in [0.2, 0.25) is 0 Å². The highest BCUT2D eigenvalue weighted by Crippen LogP contribution is 2.25. The van der Waals surface area contributed by atoms with E-state index in [1.165, 1.54) is 4.90 Å². The van der Waals surface area contributed by atoms with Crippen molar-refractivity contribution in [3.63, 3.8) is 0 Å². The molecule has 8 nitrogen and oxygen atoms in total. The molecule has 1 aliphatic rings. The molecule has 9 heteroatoms. The zero-order chi connectivity index (χ0) is 20.6. The van der Waals surface area contributed by atoms with Gasteiger partial charge < -0.3 is 15.0 Å². The van der Waals surface area contributed by atoms with Crippen LogP contribution in [0.4, 0.5) is 10.5 Å². The number of para-hydroxylation sites is 1. The summed E-state index contributed by atoms with van der Waals surface area (Å²) in [6, 6.07) is 9.83. The minimum atomic E-state index is -0.735. The summed E-state index contributed by atoms with van der Waals surface area (Å²) in [5.74, 6) is -1.52. The normalized spacial score (nSPS) is 13.2. The smallest absolute Gasteiger partial charge is 0.340 e. The van der Waals surface area contributed by atoms with Crippen LogP contribution in [0.15, 0.2) is 41.8 Å². The minimum absolute atomic E-state index is 0.0535. The highest BCUT2D eigenvalue weighted by atomic mass is 32.1. The summed E-state index contributed by atoms with van der Waals surface area (Å²) in [6.07, 6.45) is 1.83. The molecule has 0 aliphatic carbocycles. The molecule has 0 spiro atoms. The lowest BCUT2D eigenvalue weighted by atomic mass is 10.1. The first kappa shape index (κ1) is 20.5. The lowest BCUT2D eigenvalue weighted by Gasteiger charge is -2.18. The Balaban J connectivity index is 1.46. The first-order chi connectivity index (χ1) is 14.0. The molecule has 152 valence electrons. The van der Waals surface area contributed by atoms with Crippen LogP contribution in [-0.2, 0) is 20.7 Å². The second-order valence-corrected chi connectivity index (χ2v) is 7.41. The number of thiophene rings is 1. The first-order valence-electron chi connectivity index (χ1n) is 9.21. The molecule has 3 rings (SSSR count). The fraction of sp³-hybridized carbons (Fsp3) is 0.300. The molecule has 4 amide bonds. The van der Waals surface area contributed by atoms with Gasteiger partial charge in [-0.2, -0.15) is 0 Å². The van der Waals surface area contributed by atoms with Gasteiger partial charge in [-0.3, -0.25) is 14.9 Å². The van der Waals surface area contributed by atoms with Gasteiger partial charge in [0.2, 0.25) is 5.91 Å². The van der Waals surface area contributed by atoms with E-state index in [0.717, 1.165) is 11.3 Å². The average Bonchev–Trinajstić information content (AvgIpc) is 3.38. The van der Waals surface area contributed by atoms with E-state index in [0.29, 0.717) is 31.6 Å². The second-order valence-electron chi connectivity index (χ2n) is 6.38. The molecule has 0 bridgehead atoms. The van der Waals surface area contributed by atoms with Crippen molar-refractivity contribution in [1.82, 2.24) is 10.6 Å². The Hall–Kier alpha value is -3.20. The van der Waals surface area contributed by atoms with Gasteiger partial charge in [0, 0.05) is 24.4 Å². The van der Waals surface area contributed by atoms with Crippen LogP contribution in [0.5, 0.6) is 0 Å². The van der Waals surface area contributed by atoms with Crippen LogP contribution in [0.1, 0.15) is 28.1 Å². The third kappa shape index (κ3) is 5.64. The number of nitrogens with one attached hydrogen (secondary N) is 2. The van der Waals surface area contributed by atoms with E-state index >= 15 is 0 Å². The van der Waals surface area contributed by atoms with Crippen LogP contribution < -0.4 is 15.5 Å². The molecule has 0 unspecified atom stereocenters. The second kappa shape index (κ2) is 9.83. The lowest BCUT2D eigenvalue weighted by Crippen LogP contribution is -2.42. The molecule has 2 N–H and O–H groups in total. The quantitative estimate of drug-likeness (QED) is 0.674. The summed E-state index contributed by atoms with van der Waals surface area (Å²) < 4.78 is 5.02. The van der Waals surface area contributed by atoms with Crippen molar-refractivity contribution < 1.29 is 23.9 Å². The fourth-order valence-corrected chi connectivity index (χ4v) is 3.66. The highest BCUT2D eigenvalue weighted by molar-refractivity contribution is 7.09. The zero-order valence-electron chi connectivity index (χ0n) is 15.7. The van der Waals surface area contributed by atoms with Crippen LogP contribution in [0, 0.1) is 0 Å². The van der Waals surface area contributed by atoms with E-state index in [1.54, 1.807) is 35.6 Å². The molecular formula is C20H21N3O5S. The molecule has 0 radical (unpaired) electrons. The Morgan fingerprint density at radius 1 is 1.14 bits per heavy atom. The van der Waals surface area contributed by atoms with Crippen LogP contribution in [0.3, 0.4) is 0 Å². The molecule has 0 saturated carbocycles. The van der Waals surface area contributed by atoms with Crippen LogP contribution in [-0.4, -0.2) is 43.5 Å². The van der Waals surface area contributed by atoms with Gasteiger partial charge in [0.05, 0.1) is 11.3 Å². The van der Waals surface area contributed by atoms with Crippen molar-refractivity contribution in [3.8, 4) is 0 Å². The van der Waals surface area contributed by atoms with E-state index in [9.17, 15) is 19.2 Å². The molecule has 1 aliphatic heterocycles. The number of hydrogen-bond acceptors (Lipinski definition) is 6. The Kier molecular flexibility index (Phi) is 6.96. The maximum atomic E-state index is 12.4. The number of urea groups is 1.